The van der Waals surface area contributed by atoms with Crippen molar-refractivity contribution in [3.63, 3.8) is 0 Å². The third-order valence-corrected chi connectivity index (χ3v) is 19.4. The first-order valence-corrected chi connectivity index (χ1v) is 24.8. The van der Waals surface area contributed by atoms with Gasteiger partial charge in [-0.05, 0) is 80.9 Å². The van der Waals surface area contributed by atoms with Crippen LogP contribution in [0.25, 0.3) is 86.3 Å². The average Bonchev–Trinajstić information content (AvgIpc) is 4.03. The van der Waals surface area contributed by atoms with E-state index in [-0.39, 0.29) is 0 Å². The number of fused-ring (bicyclic) bond motifs is 9. The summed E-state index contributed by atoms with van der Waals surface area (Å²) in [7, 11) is -2.78. The van der Waals surface area contributed by atoms with E-state index in [1.54, 1.807) is 0 Å². The highest BCUT2D eigenvalue weighted by Gasteiger charge is 2.41. The highest BCUT2D eigenvalue weighted by atomic mass is 32.1. The van der Waals surface area contributed by atoms with Crippen molar-refractivity contribution in [3.8, 4) is 22.5 Å². The topological polar surface area (TPSA) is 9.86 Å². The Kier molecular flexibility index (Phi) is 8.45. The van der Waals surface area contributed by atoms with Gasteiger partial charge in [-0.15, -0.1) is 11.3 Å². The Morgan fingerprint density at radius 2 is 0.812 bits per heavy atom. The average molecular weight is 849 g/mol. The minimum Gasteiger partial charge on any atom is -0.309 e. The van der Waals surface area contributed by atoms with Crippen LogP contribution in [0.5, 0.6) is 0 Å². The maximum atomic E-state index is 2.51. The van der Waals surface area contributed by atoms with Crippen molar-refractivity contribution in [2.45, 2.75) is 0 Å². The van der Waals surface area contributed by atoms with Gasteiger partial charge in [0.25, 0.3) is 0 Å². The van der Waals surface area contributed by atoms with Crippen molar-refractivity contribution in [3.05, 3.63) is 243 Å². The van der Waals surface area contributed by atoms with Gasteiger partial charge in [0.15, 0.2) is 8.07 Å². The molecule has 64 heavy (non-hydrogen) atoms. The lowest BCUT2D eigenvalue weighted by molar-refractivity contribution is 1.16. The van der Waals surface area contributed by atoms with Crippen molar-refractivity contribution >= 4 is 104 Å². The molecule has 0 atom stereocenters. The van der Waals surface area contributed by atoms with Crippen molar-refractivity contribution in [1.82, 2.24) is 9.13 Å². The predicted molar refractivity (Wildman–Crippen MR) is 277 cm³/mol. The third kappa shape index (κ3) is 5.50. The first kappa shape index (κ1) is 36.9. The van der Waals surface area contributed by atoms with E-state index in [0.717, 1.165) is 11.4 Å². The Bertz CT molecular complexity index is 3800. The van der Waals surface area contributed by atoms with Gasteiger partial charge in [0.05, 0.1) is 22.1 Å². The molecular formula is C60H40N2SSi. The summed E-state index contributed by atoms with van der Waals surface area (Å²) in [5.74, 6) is 0. The number of para-hydroxylation sites is 3. The van der Waals surface area contributed by atoms with Gasteiger partial charge in [0.2, 0.25) is 0 Å². The van der Waals surface area contributed by atoms with Gasteiger partial charge in [0, 0.05) is 58.7 Å². The number of aromatic nitrogens is 2. The molecule has 3 aromatic heterocycles. The van der Waals surface area contributed by atoms with E-state index in [1.165, 1.54) is 95.7 Å². The Balaban J connectivity index is 1.07. The highest BCUT2D eigenvalue weighted by Crippen LogP contribution is 2.42. The van der Waals surface area contributed by atoms with Crippen molar-refractivity contribution in [1.29, 1.82) is 0 Å². The number of thiophene rings is 1. The summed E-state index contributed by atoms with van der Waals surface area (Å²) in [5, 5.41) is 13.0. The van der Waals surface area contributed by atoms with Crippen LogP contribution in [0.2, 0.25) is 0 Å². The van der Waals surface area contributed by atoms with Gasteiger partial charge in [-0.1, -0.05) is 188 Å². The van der Waals surface area contributed by atoms with E-state index in [9.17, 15) is 0 Å². The fraction of sp³-hybridized carbons (Fsp3) is 0. The normalized spacial score (nSPS) is 12.1. The van der Waals surface area contributed by atoms with Gasteiger partial charge in [-0.25, -0.2) is 0 Å². The molecule has 0 saturated heterocycles. The van der Waals surface area contributed by atoms with Crippen LogP contribution >= 0.6 is 11.3 Å². The lowest BCUT2D eigenvalue weighted by atomic mass is 10.00. The van der Waals surface area contributed by atoms with Crippen molar-refractivity contribution < 1.29 is 0 Å². The van der Waals surface area contributed by atoms with E-state index in [2.05, 4.69) is 252 Å². The largest absolute Gasteiger partial charge is 0.309 e. The SMILES string of the molecule is c1ccc([Si](c2ccccc2)(c2ccccc2)c2cccc(-n3c4ccccc4c4ccc(-n5c6ccccc6c6cccc(-c7ccc8sc9ccccc9c8c7)c65)cc43)c2)cc1. The Labute approximate surface area is 376 Å². The zero-order chi connectivity index (χ0) is 42.2. The molecule has 13 rings (SSSR count). The summed E-state index contributed by atoms with van der Waals surface area (Å²) >= 11 is 1.87. The fourth-order valence-electron chi connectivity index (χ4n) is 10.7. The molecule has 4 heteroatoms. The smallest absolute Gasteiger partial charge is 0.179 e. The van der Waals surface area contributed by atoms with E-state index < -0.39 is 8.07 Å². The first-order chi connectivity index (χ1) is 31.8. The second-order valence-corrected chi connectivity index (χ2v) is 21.7. The lowest BCUT2D eigenvalue weighted by Crippen LogP contribution is -2.74. The van der Waals surface area contributed by atoms with Crippen LogP contribution in [0.4, 0.5) is 0 Å². The predicted octanol–water partition coefficient (Wildman–Crippen LogP) is 13.3. The van der Waals surface area contributed by atoms with Crippen LogP contribution in [0.15, 0.2) is 243 Å². The molecule has 2 nitrogen and oxygen atoms in total. The Morgan fingerprint density at radius 3 is 1.52 bits per heavy atom. The highest BCUT2D eigenvalue weighted by molar-refractivity contribution is 7.25. The minimum absolute atomic E-state index is 1.13. The van der Waals surface area contributed by atoms with Crippen molar-refractivity contribution in [2.75, 3.05) is 0 Å². The van der Waals surface area contributed by atoms with Gasteiger partial charge < -0.3 is 9.13 Å². The lowest BCUT2D eigenvalue weighted by Gasteiger charge is -2.34. The monoisotopic (exact) mass is 848 g/mol. The molecule has 0 aliphatic heterocycles. The van der Waals surface area contributed by atoms with Crippen molar-refractivity contribution in [2.24, 2.45) is 0 Å². The maximum absolute atomic E-state index is 2.78. The number of benzene rings is 10. The molecule has 13 aromatic rings. The summed E-state index contributed by atoms with van der Waals surface area (Å²) in [6, 6.07) is 90.6. The van der Waals surface area contributed by atoms with Crippen LogP contribution in [0, 0.1) is 0 Å². The quantitative estimate of drug-likeness (QED) is 0.112. The number of hydrogen-bond donors (Lipinski definition) is 0. The van der Waals surface area contributed by atoms with E-state index in [4.69, 9.17) is 0 Å². The molecule has 0 bridgehead atoms. The molecule has 0 spiro atoms. The van der Waals surface area contributed by atoms with Crippen LogP contribution in [-0.4, -0.2) is 17.2 Å². The summed E-state index contributed by atoms with van der Waals surface area (Å²) in [6.45, 7) is 0. The van der Waals surface area contributed by atoms with E-state index >= 15 is 0 Å². The standard InChI is InChI=1S/C60H40N2SSi/c1-4-19-44(20-5-1)64(45-21-6-2-7-22-45,46-23-8-3-9-24-46)47-25-16-18-42(39-47)61-55-31-13-10-26-49(55)51-36-35-43(40-57(51)61)62-56-32-14-11-27-50(56)53-30-17-29-48(60(53)62)41-34-37-59-54(38-41)52-28-12-15-33-58(52)63-59/h1-40H. The maximum Gasteiger partial charge on any atom is 0.179 e. The molecule has 0 N–H and O–H groups in total. The van der Waals surface area contributed by atoms with Crippen LogP contribution < -0.4 is 20.7 Å². The molecule has 3 heterocycles. The summed E-state index contributed by atoms with van der Waals surface area (Å²) < 4.78 is 7.65. The zero-order valence-corrected chi connectivity index (χ0v) is 36.7. The van der Waals surface area contributed by atoms with Gasteiger partial charge in [0.1, 0.15) is 0 Å². The van der Waals surface area contributed by atoms with E-state index in [1.807, 2.05) is 11.3 Å². The number of hydrogen-bond acceptors (Lipinski definition) is 1. The second-order valence-electron chi connectivity index (χ2n) is 16.8. The summed E-state index contributed by atoms with van der Waals surface area (Å²) in [4.78, 5) is 0. The molecule has 0 saturated carbocycles. The number of nitrogens with zero attached hydrogens (tertiary/aromatic N) is 2. The van der Waals surface area contributed by atoms with Gasteiger partial charge in [-0.2, -0.15) is 0 Å². The van der Waals surface area contributed by atoms with Crippen LogP contribution in [0.3, 0.4) is 0 Å². The summed E-state index contributed by atoms with van der Waals surface area (Å²) in [5.41, 5.74) is 9.52. The molecule has 0 aliphatic carbocycles. The molecule has 0 fully saturated rings. The third-order valence-electron chi connectivity index (χ3n) is 13.5. The molecule has 300 valence electrons. The molecule has 10 aromatic carbocycles. The Morgan fingerprint density at radius 1 is 0.297 bits per heavy atom. The molecule has 0 radical (unpaired) electrons. The first-order valence-electron chi connectivity index (χ1n) is 22.0. The van der Waals surface area contributed by atoms with Gasteiger partial charge in [-0.3, -0.25) is 0 Å². The van der Waals surface area contributed by atoms with Crippen LogP contribution in [-0.2, 0) is 0 Å². The van der Waals surface area contributed by atoms with E-state index in [0.29, 0.717) is 0 Å². The minimum atomic E-state index is -2.78. The molecule has 0 unspecified atom stereocenters. The number of rotatable bonds is 7. The molecule has 0 aliphatic rings. The summed E-state index contributed by atoms with van der Waals surface area (Å²) in [6.07, 6.45) is 0. The van der Waals surface area contributed by atoms with Gasteiger partial charge >= 0.3 is 0 Å². The fourth-order valence-corrected chi connectivity index (χ4v) is 16.6. The van der Waals surface area contributed by atoms with Crippen LogP contribution in [0.1, 0.15) is 0 Å². The molecule has 0 amide bonds. The zero-order valence-electron chi connectivity index (χ0n) is 34.9. The second kappa shape index (κ2) is 14.7. The Hall–Kier alpha value is -7.76. The molecular weight excluding hydrogens is 809 g/mol.